The summed E-state index contributed by atoms with van der Waals surface area (Å²) in [6, 6.07) is 2.07. The molecule has 1 N–H and O–H groups in total. The minimum atomic E-state index is -0.519. The van der Waals surface area contributed by atoms with E-state index in [1.165, 1.54) is 11.3 Å². The molecule has 0 bridgehead atoms. The van der Waals surface area contributed by atoms with Crippen LogP contribution >= 0.6 is 27.3 Å². The lowest BCUT2D eigenvalue weighted by Gasteiger charge is -2.44. The minimum Gasteiger partial charge on any atom is -0.389 e. The first-order chi connectivity index (χ1) is 7.80. The van der Waals surface area contributed by atoms with Gasteiger partial charge in [-0.25, -0.2) is 0 Å². The van der Waals surface area contributed by atoms with E-state index in [9.17, 15) is 5.11 Å². The molecule has 0 saturated heterocycles. The van der Waals surface area contributed by atoms with Crippen molar-refractivity contribution in [1.82, 2.24) is 0 Å². The number of thiophene rings is 1. The minimum absolute atomic E-state index is 0.260. The van der Waals surface area contributed by atoms with Crippen LogP contribution in [0.4, 0.5) is 0 Å². The van der Waals surface area contributed by atoms with Crippen molar-refractivity contribution in [3.05, 3.63) is 20.8 Å². The molecule has 1 aliphatic rings. The Morgan fingerprint density at radius 1 is 1.47 bits per heavy atom. The fraction of sp³-hybridized carbons (Fsp3) is 0.714. The second kappa shape index (κ2) is 4.67. The van der Waals surface area contributed by atoms with E-state index < -0.39 is 5.60 Å². The Kier molecular flexibility index (Phi) is 3.73. The largest absolute Gasteiger partial charge is 0.389 e. The normalized spacial score (nSPS) is 32.6. The zero-order chi connectivity index (χ0) is 12.7. The van der Waals surface area contributed by atoms with Crippen LogP contribution in [0.5, 0.6) is 0 Å². The summed E-state index contributed by atoms with van der Waals surface area (Å²) in [5.74, 6) is 0.613. The van der Waals surface area contributed by atoms with Gasteiger partial charge in [0.25, 0.3) is 0 Å². The van der Waals surface area contributed by atoms with E-state index in [4.69, 9.17) is 0 Å². The average Bonchev–Trinajstić information content (AvgIpc) is 2.46. The van der Waals surface area contributed by atoms with Crippen LogP contribution in [0.2, 0.25) is 0 Å². The first-order valence-electron chi connectivity index (χ1n) is 6.24. The fourth-order valence-corrected chi connectivity index (χ4v) is 5.21. The summed E-state index contributed by atoms with van der Waals surface area (Å²) in [6.45, 7) is 6.81. The maximum Gasteiger partial charge on any atom is 0.0703 e. The van der Waals surface area contributed by atoms with Crippen LogP contribution in [0.15, 0.2) is 15.9 Å². The highest BCUT2D eigenvalue weighted by Crippen LogP contribution is 2.46. The second-order valence-electron chi connectivity index (χ2n) is 6.45. The van der Waals surface area contributed by atoms with E-state index in [0.717, 1.165) is 23.7 Å². The summed E-state index contributed by atoms with van der Waals surface area (Å²) >= 11 is 5.30. The van der Waals surface area contributed by atoms with Crippen LogP contribution in [0.3, 0.4) is 0 Å². The lowest BCUT2D eigenvalue weighted by atomic mass is 9.65. The number of aliphatic hydroxyl groups is 1. The van der Waals surface area contributed by atoms with E-state index in [-0.39, 0.29) is 5.41 Å². The van der Waals surface area contributed by atoms with Gasteiger partial charge in [0.15, 0.2) is 0 Å². The van der Waals surface area contributed by atoms with E-state index in [1.807, 2.05) is 0 Å². The standard InChI is InChI=1S/C14H21BrOS/c1-10-6-13(2,3)9-14(16,7-10)8-12-11(15)4-5-17-12/h4-5,10,16H,6-9H2,1-3H3. The van der Waals surface area contributed by atoms with Crippen LogP contribution < -0.4 is 0 Å². The van der Waals surface area contributed by atoms with Gasteiger partial charge in [0.1, 0.15) is 0 Å². The van der Waals surface area contributed by atoms with Gasteiger partial charge in [0.05, 0.1) is 5.60 Å². The lowest BCUT2D eigenvalue weighted by Crippen LogP contribution is -2.43. The molecule has 3 heteroatoms. The van der Waals surface area contributed by atoms with Crippen molar-refractivity contribution in [2.45, 2.75) is 52.1 Å². The molecule has 0 spiro atoms. The Morgan fingerprint density at radius 2 is 2.18 bits per heavy atom. The molecule has 1 fully saturated rings. The van der Waals surface area contributed by atoms with Crippen LogP contribution in [0.25, 0.3) is 0 Å². The predicted molar refractivity (Wildman–Crippen MR) is 77.5 cm³/mol. The lowest BCUT2D eigenvalue weighted by molar-refractivity contribution is -0.0570. The van der Waals surface area contributed by atoms with E-state index in [0.29, 0.717) is 5.92 Å². The molecule has 1 nitrogen and oxygen atoms in total. The molecule has 1 aromatic rings. The van der Waals surface area contributed by atoms with Gasteiger partial charge in [0.2, 0.25) is 0 Å². The quantitative estimate of drug-likeness (QED) is 0.843. The molecule has 1 heterocycles. The van der Waals surface area contributed by atoms with Crippen LogP contribution in [0, 0.1) is 11.3 Å². The molecule has 1 aliphatic carbocycles. The van der Waals surface area contributed by atoms with Crippen molar-refractivity contribution in [2.75, 3.05) is 0 Å². The van der Waals surface area contributed by atoms with Crippen molar-refractivity contribution >= 4 is 27.3 Å². The number of hydrogen-bond acceptors (Lipinski definition) is 2. The molecule has 2 unspecified atom stereocenters. The van der Waals surface area contributed by atoms with Crippen molar-refractivity contribution in [2.24, 2.45) is 11.3 Å². The number of rotatable bonds is 2. The Morgan fingerprint density at radius 3 is 2.71 bits per heavy atom. The molecule has 0 amide bonds. The van der Waals surface area contributed by atoms with Gasteiger partial charge >= 0.3 is 0 Å². The summed E-state index contributed by atoms with van der Waals surface area (Å²) < 4.78 is 1.15. The maximum absolute atomic E-state index is 10.9. The molecule has 2 atom stereocenters. The van der Waals surface area contributed by atoms with Gasteiger partial charge in [0, 0.05) is 15.8 Å². The molecule has 17 heavy (non-hydrogen) atoms. The number of halogens is 1. The molecule has 2 rings (SSSR count). The summed E-state index contributed by atoms with van der Waals surface area (Å²) in [4.78, 5) is 1.28. The molecular weight excluding hydrogens is 296 g/mol. The Hall–Kier alpha value is 0.140. The van der Waals surface area contributed by atoms with E-state index in [2.05, 4.69) is 48.1 Å². The highest BCUT2D eigenvalue weighted by Gasteiger charge is 2.41. The van der Waals surface area contributed by atoms with E-state index in [1.54, 1.807) is 11.3 Å². The molecule has 1 aromatic heterocycles. The van der Waals surface area contributed by atoms with Crippen molar-refractivity contribution < 1.29 is 5.11 Å². The van der Waals surface area contributed by atoms with Gasteiger partial charge in [-0.2, -0.15) is 0 Å². The molecular formula is C14H21BrOS. The first kappa shape index (κ1) is 13.6. The smallest absolute Gasteiger partial charge is 0.0703 e. The molecule has 0 aliphatic heterocycles. The van der Waals surface area contributed by atoms with Crippen molar-refractivity contribution in [3.8, 4) is 0 Å². The molecule has 0 radical (unpaired) electrons. The Labute approximate surface area is 116 Å². The van der Waals surface area contributed by atoms with Gasteiger partial charge in [-0.3, -0.25) is 0 Å². The van der Waals surface area contributed by atoms with Crippen LogP contribution in [-0.4, -0.2) is 10.7 Å². The summed E-state index contributed by atoms with van der Waals surface area (Å²) in [6.07, 6.45) is 3.86. The second-order valence-corrected chi connectivity index (χ2v) is 8.30. The van der Waals surface area contributed by atoms with E-state index >= 15 is 0 Å². The average molecular weight is 317 g/mol. The van der Waals surface area contributed by atoms with Gasteiger partial charge in [-0.15, -0.1) is 11.3 Å². The fourth-order valence-electron chi connectivity index (χ4n) is 3.58. The van der Waals surface area contributed by atoms with Gasteiger partial charge in [-0.1, -0.05) is 20.8 Å². The van der Waals surface area contributed by atoms with Gasteiger partial charge < -0.3 is 5.11 Å². The topological polar surface area (TPSA) is 20.2 Å². The maximum atomic E-state index is 10.9. The molecule has 1 saturated carbocycles. The summed E-state index contributed by atoms with van der Waals surface area (Å²) in [5.41, 5.74) is -0.259. The Bertz CT molecular complexity index is 399. The van der Waals surface area contributed by atoms with Crippen LogP contribution in [0.1, 0.15) is 44.9 Å². The van der Waals surface area contributed by atoms with Gasteiger partial charge in [-0.05, 0) is 58.0 Å². The zero-order valence-corrected chi connectivity index (χ0v) is 13.2. The number of hydrogen-bond donors (Lipinski definition) is 1. The Balaban J connectivity index is 2.16. The predicted octanol–water partition coefficient (Wildman–Crippen LogP) is 4.63. The zero-order valence-electron chi connectivity index (χ0n) is 10.8. The van der Waals surface area contributed by atoms with Crippen molar-refractivity contribution in [3.63, 3.8) is 0 Å². The third kappa shape index (κ3) is 3.33. The third-order valence-electron chi connectivity index (χ3n) is 3.62. The third-order valence-corrected chi connectivity index (χ3v) is 5.54. The molecule has 0 aromatic carbocycles. The first-order valence-corrected chi connectivity index (χ1v) is 7.91. The molecule has 96 valence electrons. The van der Waals surface area contributed by atoms with Crippen LogP contribution in [-0.2, 0) is 6.42 Å². The highest BCUT2D eigenvalue weighted by molar-refractivity contribution is 9.10. The highest BCUT2D eigenvalue weighted by atomic mass is 79.9. The monoisotopic (exact) mass is 316 g/mol. The van der Waals surface area contributed by atoms with Crippen molar-refractivity contribution in [1.29, 1.82) is 0 Å². The summed E-state index contributed by atoms with van der Waals surface area (Å²) in [5, 5.41) is 12.9. The SMILES string of the molecule is CC1CC(C)(C)CC(O)(Cc2sccc2Br)C1. The summed E-state index contributed by atoms with van der Waals surface area (Å²) in [7, 11) is 0.